The maximum atomic E-state index is 11.1. The van der Waals surface area contributed by atoms with Gasteiger partial charge in [0.25, 0.3) is 0 Å². The first-order chi connectivity index (χ1) is 7.00. The summed E-state index contributed by atoms with van der Waals surface area (Å²) in [4.78, 5) is 11.1. The lowest BCUT2D eigenvalue weighted by Crippen LogP contribution is -2.41. The van der Waals surface area contributed by atoms with Crippen LogP contribution in [0.25, 0.3) is 0 Å². The standard InChI is InChI=1S/C13H20O2/c1-7(2)10-6-11-8(3)4-9(10)5-12(11)13(14)15/h4,7,9-12H,5-6H2,1-3H3,(H,14,15)/t9?,10?,11-,12?/m0/s1. The van der Waals surface area contributed by atoms with E-state index < -0.39 is 5.97 Å². The first-order valence-corrected chi connectivity index (χ1v) is 5.91. The monoisotopic (exact) mass is 208 g/mol. The van der Waals surface area contributed by atoms with E-state index in [2.05, 4.69) is 26.8 Å². The number of aliphatic carboxylic acids is 1. The number of rotatable bonds is 2. The fourth-order valence-electron chi connectivity index (χ4n) is 3.46. The molecule has 0 aromatic heterocycles. The Kier molecular flexibility index (Phi) is 2.61. The van der Waals surface area contributed by atoms with Gasteiger partial charge in [0.05, 0.1) is 5.92 Å². The summed E-state index contributed by atoms with van der Waals surface area (Å²) in [7, 11) is 0. The largest absolute Gasteiger partial charge is 0.481 e. The van der Waals surface area contributed by atoms with Gasteiger partial charge in [0, 0.05) is 0 Å². The molecule has 1 N–H and O–H groups in total. The minimum absolute atomic E-state index is 0.116. The molecule has 84 valence electrons. The van der Waals surface area contributed by atoms with E-state index in [9.17, 15) is 9.90 Å². The number of fused-ring (bicyclic) bond motifs is 2. The number of carboxylic acid groups (broad SMARTS) is 1. The predicted octanol–water partition coefficient (Wildman–Crippen LogP) is 2.95. The summed E-state index contributed by atoms with van der Waals surface area (Å²) in [5.41, 5.74) is 1.32. The van der Waals surface area contributed by atoms with Crippen LogP contribution in [0.15, 0.2) is 11.6 Å². The molecule has 0 aromatic rings. The van der Waals surface area contributed by atoms with E-state index in [-0.39, 0.29) is 5.92 Å². The zero-order chi connectivity index (χ0) is 11.2. The van der Waals surface area contributed by atoms with Gasteiger partial charge in [-0.25, -0.2) is 0 Å². The maximum absolute atomic E-state index is 11.1. The molecular weight excluding hydrogens is 188 g/mol. The second-order valence-electron chi connectivity index (χ2n) is 5.51. The van der Waals surface area contributed by atoms with E-state index in [0.717, 1.165) is 12.8 Å². The molecule has 0 saturated heterocycles. The van der Waals surface area contributed by atoms with Crippen molar-refractivity contribution < 1.29 is 9.90 Å². The van der Waals surface area contributed by atoms with Crippen molar-refractivity contribution in [1.82, 2.24) is 0 Å². The molecule has 0 amide bonds. The van der Waals surface area contributed by atoms with Gasteiger partial charge in [0.1, 0.15) is 0 Å². The van der Waals surface area contributed by atoms with Crippen molar-refractivity contribution in [3.63, 3.8) is 0 Å². The van der Waals surface area contributed by atoms with E-state index in [1.807, 2.05) is 0 Å². The summed E-state index contributed by atoms with van der Waals surface area (Å²) < 4.78 is 0. The fraction of sp³-hybridized carbons (Fsp3) is 0.769. The van der Waals surface area contributed by atoms with Gasteiger partial charge >= 0.3 is 5.97 Å². The summed E-state index contributed by atoms with van der Waals surface area (Å²) >= 11 is 0. The van der Waals surface area contributed by atoms with Crippen LogP contribution in [-0.2, 0) is 4.79 Å². The molecule has 0 aliphatic heterocycles. The van der Waals surface area contributed by atoms with Gasteiger partial charge < -0.3 is 5.11 Å². The number of carboxylic acids is 1. The fourth-order valence-corrected chi connectivity index (χ4v) is 3.46. The number of allylic oxidation sites excluding steroid dienone is 2. The molecule has 0 aromatic carbocycles. The highest BCUT2D eigenvalue weighted by molar-refractivity contribution is 5.71. The molecule has 1 saturated carbocycles. The van der Waals surface area contributed by atoms with Gasteiger partial charge in [0.15, 0.2) is 0 Å². The summed E-state index contributed by atoms with van der Waals surface area (Å²) in [6.07, 6.45) is 4.28. The maximum Gasteiger partial charge on any atom is 0.307 e. The average Bonchev–Trinajstić information content (AvgIpc) is 2.16. The van der Waals surface area contributed by atoms with Crippen LogP contribution in [0.2, 0.25) is 0 Å². The van der Waals surface area contributed by atoms with Gasteiger partial charge in [-0.2, -0.15) is 0 Å². The summed E-state index contributed by atoms with van der Waals surface area (Å²) in [5, 5.41) is 9.18. The highest BCUT2D eigenvalue weighted by Gasteiger charge is 2.44. The molecule has 3 aliphatic carbocycles. The molecule has 2 bridgehead atoms. The Balaban J connectivity index is 2.23. The lowest BCUT2D eigenvalue weighted by atomic mass is 9.58. The molecule has 3 aliphatic rings. The van der Waals surface area contributed by atoms with Gasteiger partial charge in [-0.05, 0) is 43.4 Å². The SMILES string of the molecule is CC1=CC2CC(C(=O)O)[C@H]1CC2C(C)C. The molecule has 0 spiro atoms. The first-order valence-electron chi connectivity index (χ1n) is 5.91. The van der Waals surface area contributed by atoms with Crippen LogP contribution in [0.4, 0.5) is 0 Å². The summed E-state index contributed by atoms with van der Waals surface area (Å²) in [5.74, 6) is 1.48. The second-order valence-corrected chi connectivity index (χ2v) is 5.51. The van der Waals surface area contributed by atoms with Crippen LogP contribution in [0.5, 0.6) is 0 Å². The van der Waals surface area contributed by atoms with Crippen molar-refractivity contribution >= 4 is 5.97 Å². The topological polar surface area (TPSA) is 37.3 Å². The lowest BCUT2D eigenvalue weighted by molar-refractivity contribution is -0.146. The third-order valence-corrected chi connectivity index (χ3v) is 4.32. The molecule has 0 heterocycles. The van der Waals surface area contributed by atoms with Crippen LogP contribution >= 0.6 is 0 Å². The molecule has 2 heteroatoms. The van der Waals surface area contributed by atoms with Crippen molar-refractivity contribution in [2.45, 2.75) is 33.6 Å². The van der Waals surface area contributed by atoms with Gasteiger partial charge in [-0.1, -0.05) is 25.5 Å². The number of hydrogen-bond acceptors (Lipinski definition) is 1. The van der Waals surface area contributed by atoms with Gasteiger partial charge in [0.2, 0.25) is 0 Å². The van der Waals surface area contributed by atoms with Crippen molar-refractivity contribution in [3.8, 4) is 0 Å². The van der Waals surface area contributed by atoms with Gasteiger partial charge in [-0.3, -0.25) is 4.79 Å². The highest BCUT2D eigenvalue weighted by Crippen LogP contribution is 2.49. The van der Waals surface area contributed by atoms with Crippen molar-refractivity contribution in [2.24, 2.45) is 29.6 Å². The molecular formula is C13H20O2. The molecule has 0 radical (unpaired) electrons. The van der Waals surface area contributed by atoms with Crippen molar-refractivity contribution in [3.05, 3.63) is 11.6 Å². The number of carbonyl (C=O) groups is 1. The highest BCUT2D eigenvalue weighted by atomic mass is 16.4. The van der Waals surface area contributed by atoms with E-state index in [0.29, 0.717) is 23.7 Å². The van der Waals surface area contributed by atoms with Crippen LogP contribution in [0.3, 0.4) is 0 Å². The second kappa shape index (κ2) is 3.66. The zero-order valence-corrected chi connectivity index (χ0v) is 9.73. The van der Waals surface area contributed by atoms with E-state index in [1.165, 1.54) is 5.57 Å². The van der Waals surface area contributed by atoms with Crippen molar-refractivity contribution in [2.75, 3.05) is 0 Å². The van der Waals surface area contributed by atoms with Crippen molar-refractivity contribution in [1.29, 1.82) is 0 Å². The molecule has 3 unspecified atom stereocenters. The Labute approximate surface area is 91.4 Å². The lowest BCUT2D eigenvalue weighted by Gasteiger charge is -2.46. The third-order valence-electron chi connectivity index (χ3n) is 4.32. The minimum atomic E-state index is -0.598. The average molecular weight is 208 g/mol. The third kappa shape index (κ3) is 1.70. The Bertz CT molecular complexity index is 304. The van der Waals surface area contributed by atoms with Crippen LogP contribution in [-0.4, -0.2) is 11.1 Å². The smallest absolute Gasteiger partial charge is 0.307 e. The zero-order valence-electron chi connectivity index (χ0n) is 9.73. The molecule has 15 heavy (non-hydrogen) atoms. The molecule has 2 nitrogen and oxygen atoms in total. The quantitative estimate of drug-likeness (QED) is 0.708. The molecule has 3 rings (SSSR count). The van der Waals surface area contributed by atoms with Crippen LogP contribution in [0.1, 0.15) is 33.6 Å². The normalized spacial score (nSPS) is 39.3. The van der Waals surface area contributed by atoms with Crippen LogP contribution < -0.4 is 0 Å². The van der Waals surface area contributed by atoms with E-state index in [4.69, 9.17) is 0 Å². The van der Waals surface area contributed by atoms with E-state index >= 15 is 0 Å². The Hall–Kier alpha value is -0.790. The first kappa shape index (κ1) is 10.7. The van der Waals surface area contributed by atoms with Crippen LogP contribution in [0, 0.1) is 29.6 Å². The summed E-state index contributed by atoms with van der Waals surface area (Å²) in [6.45, 7) is 6.61. The van der Waals surface area contributed by atoms with Gasteiger partial charge in [-0.15, -0.1) is 0 Å². The van der Waals surface area contributed by atoms with E-state index in [1.54, 1.807) is 0 Å². The Morgan fingerprint density at radius 3 is 2.60 bits per heavy atom. The summed E-state index contributed by atoms with van der Waals surface area (Å²) in [6, 6.07) is 0. The predicted molar refractivity (Wildman–Crippen MR) is 59.4 cm³/mol. The number of hydrogen-bond donors (Lipinski definition) is 1. The Morgan fingerprint density at radius 2 is 2.13 bits per heavy atom. The Morgan fingerprint density at radius 1 is 1.47 bits per heavy atom. The minimum Gasteiger partial charge on any atom is -0.481 e. The molecule has 1 fully saturated rings. The molecule has 4 atom stereocenters.